The van der Waals surface area contributed by atoms with Crippen molar-refractivity contribution in [2.45, 2.75) is 31.7 Å². The van der Waals surface area contributed by atoms with Crippen LogP contribution in [0.3, 0.4) is 0 Å². The molecule has 1 heterocycles. The molecular formula is C17H18N2S. The lowest BCUT2D eigenvalue weighted by molar-refractivity contribution is 0.894. The summed E-state index contributed by atoms with van der Waals surface area (Å²) in [6.45, 7) is 4.24. The van der Waals surface area contributed by atoms with Gasteiger partial charge in [-0.1, -0.05) is 43.2 Å². The number of pyridine rings is 1. The van der Waals surface area contributed by atoms with Crippen LogP contribution in [0.1, 0.15) is 30.9 Å². The largest absolute Gasteiger partial charge is 0.240 e. The number of unbranched alkanes of at least 4 members (excludes halogenated alkanes) is 1. The average molecular weight is 282 g/mol. The van der Waals surface area contributed by atoms with E-state index in [4.69, 9.17) is 5.26 Å². The monoisotopic (exact) mass is 282 g/mol. The minimum Gasteiger partial charge on any atom is -0.240 e. The standard InChI is InChI=1S/C17H18N2S/c1-3-4-11-20-17-15(12-18)9-10-16(19-17)14-7-5-13(2)6-8-14/h5-10H,3-4,11H2,1-2H3. The molecule has 1 aromatic heterocycles. The lowest BCUT2D eigenvalue weighted by atomic mass is 10.1. The fraction of sp³-hybridized carbons (Fsp3) is 0.294. The van der Waals surface area contributed by atoms with E-state index in [2.05, 4.69) is 49.2 Å². The van der Waals surface area contributed by atoms with Crippen molar-refractivity contribution in [3.63, 3.8) is 0 Å². The maximum atomic E-state index is 9.17. The zero-order chi connectivity index (χ0) is 14.4. The first-order chi connectivity index (χ1) is 9.74. The summed E-state index contributed by atoms with van der Waals surface area (Å²) in [7, 11) is 0. The molecule has 0 saturated carbocycles. The first-order valence-electron chi connectivity index (χ1n) is 6.85. The quantitative estimate of drug-likeness (QED) is 0.582. The van der Waals surface area contributed by atoms with Gasteiger partial charge in [0, 0.05) is 5.56 Å². The number of benzene rings is 1. The number of aryl methyl sites for hydroxylation is 1. The third-order valence-corrected chi connectivity index (χ3v) is 4.14. The minimum atomic E-state index is 0.668. The third-order valence-electron chi connectivity index (χ3n) is 3.06. The summed E-state index contributed by atoms with van der Waals surface area (Å²) in [6, 6.07) is 14.3. The molecule has 0 aliphatic carbocycles. The van der Waals surface area contributed by atoms with Crippen LogP contribution in [0.25, 0.3) is 11.3 Å². The van der Waals surface area contributed by atoms with E-state index in [0.29, 0.717) is 5.56 Å². The zero-order valence-electron chi connectivity index (χ0n) is 11.9. The highest BCUT2D eigenvalue weighted by Gasteiger charge is 2.07. The smallest absolute Gasteiger partial charge is 0.115 e. The molecule has 1 aromatic carbocycles. The summed E-state index contributed by atoms with van der Waals surface area (Å²) >= 11 is 1.67. The van der Waals surface area contributed by atoms with E-state index in [1.54, 1.807) is 11.8 Å². The van der Waals surface area contributed by atoms with Gasteiger partial charge in [0.05, 0.1) is 11.3 Å². The van der Waals surface area contributed by atoms with Crippen LogP contribution >= 0.6 is 11.8 Å². The van der Waals surface area contributed by atoms with Gasteiger partial charge in [0.1, 0.15) is 11.1 Å². The van der Waals surface area contributed by atoms with Crippen molar-refractivity contribution in [2.75, 3.05) is 5.75 Å². The maximum Gasteiger partial charge on any atom is 0.115 e. The summed E-state index contributed by atoms with van der Waals surface area (Å²) in [5.74, 6) is 1.01. The van der Waals surface area contributed by atoms with Gasteiger partial charge < -0.3 is 0 Å². The highest BCUT2D eigenvalue weighted by molar-refractivity contribution is 7.99. The Hall–Kier alpha value is -1.79. The Morgan fingerprint density at radius 2 is 1.90 bits per heavy atom. The van der Waals surface area contributed by atoms with Gasteiger partial charge in [0.15, 0.2) is 0 Å². The lowest BCUT2D eigenvalue weighted by Crippen LogP contribution is -1.92. The number of nitrogens with zero attached hydrogens (tertiary/aromatic N) is 2. The van der Waals surface area contributed by atoms with Crippen molar-refractivity contribution >= 4 is 11.8 Å². The number of aromatic nitrogens is 1. The number of nitriles is 1. The van der Waals surface area contributed by atoms with Gasteiger partial charge in [-0.3, -0.25) is 0 Å². The molecule has 0 aliphatic heterocycles. The first-order valence-corrected chi connectivity index (χ1v) is 7.84. The Labute approximate surface area is 124 Å². The fourth-order valence-electron chi connectivity index (χ4n) is 1.83. The van der Waals surface area contributed by atoms with Crippen molar-refractivity contribution in [3.8, 4) is 17.3 Å². The van der Waals surface area contributed by atoms with Crippen molar-refractivity contribution < 1.29 is 0 Å². The van der Waals surface area contributed by atoms with Crippen LogP contribution in [-0.4, -0.2) is 10.7 Å². The number of hydrogen-bond acceptors (Lipinski definition) is 3. The summed E-state index contributed by atoms with van der Waals surface area (Å²) in [5, 5.41) is 10.0. The second-order valence-electron chi connectivity index (χ2n) is 4.73. The molecule has 2 rings (SSSR count). The van der Waals surface area contributed by atoms with Crippen molar-refractivity contribution in [1.82, 2.24) is 4.98 Å². The summed E-state index contributed by atoms with van der Waals surface area (Å²) < 4.78 is 0. The van der Waals surface area contributed by atoms with Gasteiger partial charge in [-0.2, -0.15) is 5.26 Å². The topological polar surface area (TPSA) is 36.7 Å². The second kappa shape index (κ2) is 7.12. The Kier molecular flexibility index (Phi) is 5.20. The van der Waals surface area contributed by atoms with E-state index < -0.39 is 0 Å². The maximum absolute atomic E-state index is 9.17. The van der Waals surface area contributed by atoms with Crippen LogP contribution in [0.5, 0.6) is 0 Å². The van der Waals surface area contributed by atoms with E-state index in [9.17, 15) is 0 Å². The van der Waals surface area contributed by atoms with Gasteiger partial charge in [-0.25, -0.2) is 4.98 Å². The lowest BCUT2D eigenvalue weighted by Gasteiger charge is -2.06. The van der Waals surface area contributed by atoms with Gasteiger partial charge in [-0.05, 0) is 31.2 Å². The molecule has 0 aliphatic rings. The molecule has 0 spiro atoms. The Morgan fingerprint density at radius 3 is 2.55 bits per heavy atom. The van der Waals surface area contributed by atoms with Crippen molar-refractivity contribution in [3.05, 3.63) is 47.5 Å². The molecule has 0 amide bonds. The molecule has 0 unspecified atom stereocenters. The van der Waals surface area contributed by atoms with Crippen LogP contribution in [-0.2, 0) is 0 Å². The predicted molar refractivity (Wildman–Crippen MR) is 84.8 cm³/mol. The summed E-state index contributed by atoms with van der Waals surface area (Å²) in [6.07, 6.45) is 2.30. The van der Waals surface area contributed by atoms with E-state index >= 15 is 0 Å². The van der Waals surface area contributed by atoms with E-state index in [-0.39, 0.29) is 0 Å². The zero-order valence-corrected chi connectivity index (χ0v) is 12.7. The first kappa shape index (κ1) is 14.6. The number of rotatable bonds is 5. The summed E-state index contributed by atoms with van der Waals surface area (Å²) in [5.41, 5.74) is 3.93. The normalized spacial score (nSPS) is 10.2. The second-order valence-corrected chi connectivity index (χ2v) is 5.81. The van der Waals surface area contributed by atoms with Crippen molar-refractivity contribution in [2.24, 2.45) is 0 Å². The van der Waals surface area contributed by atoms with Gasteiger partial charge in [0.2, 0.25) is 0 Å². The van der Waals surface area contributed by atoms with Gasteiger partial charge in [-0.15, -0.1) is 11.8 Å². The SMILES string of the molecule is CCCCSc1nc(-c2ccc(C)cc2)ccc1C#N. The van der Waals surface area contributed by atoms with E-state index in [1.807, 2.05) is 12.1 Å². The number of thioether (sulfide) groups is 1. The van der Waals surface area contributed by atoms with Crippen LogP contribution < -0.4 is 0 Å². The molecule has 20 heavy (non-hydrogen) atoms. The average Bonchev–Trinajstić information content (AvgIpc) is 2.48. The Morgan fingerprint density at radius 1 is 1.15 bits per heavy atom. The molecule has 0 radical (unpaired) electrons. The Bertz CT molecular complexity index is 612. The molecule has 0 saturated heterocycles. The van der Waals surface area contributed by atoms with Crippen molar-refractivity contribution in [1.29, 1.82) is 5.26 Å². The van der Waals surface area contributed by atoms with Gasteiger partial charge in [0.25, 0.3) is 0 Å². The molecule has 0 fully saturated rings. The molecular weight excluding hydrogens is 264 g/mol. The fourth-order valence-corrected chi connectivity index (χ4v) is 2.89. The van der Waals surface area contributed by atoms with E-state index in [0.717, 1.165) is 34.9 Å². The molecule has 2 aromatic rings. The van der Waals surface area contributed by atoms with E-state index in [1.165, 1.54) is 5.56 Å². The van der Waals surface area contributed by atoms with Crippen LogP contribution in [0.15, 0.2) is 41.4 Å². The molecule has 0 N–H and O–H groups in total. The molecule has 3 heteroatoms. The van der Waals surface area contributed by atoms with Crippen LogP contribution in [0, 0.1) is 18.3 Å². The number of hydrogen-bond donors (Lipinski definition) is 0. The van der Waals surface area contributed by atoms with Gasteiger partial charge >= 0.3 is 0 Å². The highest BCUT2D eigenvalue weighted by atomic mass is 32.2. The predicted octanol–water partition coefficient (Wildman–Crippen LogP) is 4.82. The summed E-state index contributed by atoms with van der Waals surface area (Å²) in [4.78, 5) is 4.66. The molecule has 0 bridgehead atoms. The molecule has 0 atom stereocenters. The molecule has 102 valence electrons. The van der Waals surface area contributed by atoms with Crippen LogP contribution in [0.2, 0.25) is 0 Å². The minimum absolute atomic E-state index is 0.668. The third kappa shape index (κ3) is 3.61. The van der Waals surface area contributed by atoms with Crippen LogP contribution in [0.4, 0.5) is 0 Å². The highest BCUT2D eigenvalue weighted by Crippen LogP contribution is 2.26. The molecule has 2 nitrogen and oxygen atoms in total. The Balaban J connectivity index is 2.29.